The molecule has 0 aliphatic carbocycles. The Labute approximate surface area is 195 Å². The lowest BCUT2D eigenvalue weighted by Crippen LogP contribution is -2.43. The molecule has 2 heterocycles. The number of anilines is 1. The van der Waals surface area contributed by atoms with Gasteiger partial charge in [-0.1, -0.05) is 37.6 Å². The molecule has 4 rings (SSSR count). The molecule has 0 saturated carbocycles. The number of rotatable bonds is 7. The van der Waals surface area contributed by atoms with Gasteiger partial charge in [-0.05, 0) is 81.2 Å². The predicted molar refractivity (Wildman–Crippen MR) is 129 cm³/mol. The third kappa shape index (κ3) is 4.71. The van der Waals surface area contributed by atoms with Crippen LogP contribution in [0, 0.1) is 5.82 Å². The quantitative estimate of drug-likeness (QED) is 0.585. The van der Waals surface area contributed by atoms with Crippen molar-refractivity contribution in [2.24, 2.45) is 0 Å². The van der Waals surface area contributed by atoms with Gasteiger partial charge in [0.05, 0.1) is 11.3 Å². The number of hydrogen-bond acceptors (Lipinski definition) is 4. The normalized spacial score (nSPS) is 17.9. The van der Waals surface area contributed by atoms with Crippen LogP contribution in [0.3, 0.4) is 0 Å². The number of carbonyl (C=O) groups is 2. The fourth-order valence-electron chi connectivity index (χ4n) is 4.71. The summed E-state index contributed by atoms with van der Waals surface area (Å²) in [5, 5.41) is 0. The number of amides is 2. The van der Waals surface area contributed by atoms with Crippen LogP contribution in [0.5, 0.6) is 0 Å². The smallest absolute Gasteiger partial charge is 0.282 e. The molecule has 5 nitrogen and oxygen atoms in total. The van der Waals surface area contributed by atoms with E-state index in [1.807, 2.05) is 36.2 Å². The fraction of sp³-hybridized carbons (Fsp3) is 0.407. The molecule has 2 aromatic carbocycles. The maximum absolute atomic E-state index is 13.7. The third-order valence-corrected chi connectivity index (χ3v) is 6.79. The summed E-state index contributed by atoms with van der Waals surface area (Å²) in [7, 11) is 3.99. The number of likely N-dealkylation sites (N-methyl/N-ethyl adjacent to an activating group) is 1. The molecule has 0 spiro atoms. The van der Waals surface area contributed by atoms with Gasteiger partial charge in [-0.15, -0.1) is 0 Å². The molecule has 1 saturated heterocycles. The van der Waals surface area contributed by atoms with E-state index in [1.165, 1.54) is 22.6 Å². The SMILES string of the molecule is CCCCc1ccc(N2C(=O)C(c3ccc(F)cc3)=C(N(C)C3CCN(C)CC3)C2=O)cc1. The Balaban J connectivity index is 1.70. The highest BCUT2D eigenvalue weighted by atomic mass is 19.1. The Morgan fingerprint density at radius 2 is 1.61 bits per heavy atom. The van der Waals surface area contributed by atoms with Crippen molar-refractivity contribution in [3.63, 3.8) is 0 Å². The van der Waals surface area contributed by atoms with Gasteiger partial charge in [0.1, 0.15) is 11.5 Å². The Hall–Kier alpha value is -2.99. The highest BCUT2D eigenvalue weighted by Crippen LogP contribution is 2.36. The van der Waals surface area contributed by atoms with Crippen LogP contribution in [-0.4, -0.2) is 54.8 Å². The first-order valence-electron chi connectivity index (χ1n) is 11.8. The summed E-state index contributed by atoms with van der Waals surface area (Å²) in [4.78, 5) is 32.8. The topological polar surface area (TPSA) is 43.9 Å². The molecule has 174 valence electrons. The Morgan fingerprint density at radius 3 is 2.21 bits per heavy atom. The van der Waals surface area contributed by atoms with Crippen LogP contribution in [-0.2, 0) is 16.0 Å². The van der Waals surface area contributed by atoms with Crippen LogP contribution in [0.2, 0.25) is 0 Å². The number of imide groups is 1. The monoisotopic (exact) mass is 449 g/mol. The van der Waals surface area contributed by atoms with E-state index < -0.39 is 0 Å². The minimum absolute atomic E-state index is 0.166. The number of piperidine rings is 1. The molecule has 33 heavy (non-hydrogen) atoms. The van der Waals surface area contributed by atoms with Crippen molar-refractivity contribution >= 4 is 23.1 Å². The number of likely N-dealkylation sites (tertiary alicyclic amines) is 1. The molecule has 0 atom stereocenters. The van der Waals surface area contributed by atoms with Crippen LogP contribution >= 0.6 is 0 Å². The lowest BCUT2D eigenvalue weighted by molar-refractivity contribution is -0.120. The van der Waals surface area contributed by atoms with Gasteiger partial charge in [-0.2, -0.15) is 0 Å². The van der Waals surface area contributed by atoms with E-state index in [9.17, 15) is 14.0 Å². The Morgan fingerprint density at radius 1 is 0.970 bits per heavy atom. The van der Waals surface area contributed by atoms with Crippen molar-refractivity contribution in [3.8, 4) is 0 Å². The maximum Gasteiger partial charge on any atom is 0.282 e. The molecule has 0 unspecified atom stereocenters. The van der Waals surface area contributed by atoms with Gasteiger partial charge in [0, 0.05) is 13.1 Å². The summed E-state index contributed by atoms with van der Waals surface area (Å²) in [5.74, 6) is -1.05. The van der Waals surface area contributed by atoms with E-state index >= 15 is 0 Å². The highest BCUT2D eigenvalue weighted by molar-refractivity contribution is 6.45. The fourth-order valence-corrected chi connectivity index (χ4v) is 4.71. The van der Waals surface area contributed by atoms with Crippen LogP contribution in [0.1, 0.15) is 43.7 Å². The van der Waals surface area contributed by atoms with Crippen molar-refractivity contribution in [2.45, 2.75) is 45.1 Å². The molecule has 2 amide bonds. The average molecular weight is 450 g/mol. The minimum Gasteiger partial charge on any atom is -0.366 e. The number of halogens is 1. The summed E-state index contributed by atoms with van der Waals surface area (Å²) in [5.41, 5.74) is 3.06. The lowest BCUT2D eigenvalue weighted by Gasteiger charge is -2.36. The Bertz CT molecular complexity index is 1040. The van der Waals surface area contributed by atoms with E-state index in [0.717, 1.165) is 45.2 Å². The predicted octanol–water partition coefficient (Wildman–Crippen LogP) is 4.48. The molecule has 0 bridgehead atoms. The third-order valence-electron chi connectivity index (χ3n) is 6.79. The van der Waals surface area contributed by atoms with Gasteiger partial charge in [0.15, 0.2) is 0 Å². The van der Waals surface area contributed by atoms with Crippen molar-refractivity contribution in [3.05, 3.63) is 71.2 Å². The number of benzene rings is 2. The Kier molecular flexibility index (Phi) is 6.94. The van der Waals surface area contributed by atoms with Crippen LogP contribution < -0.4 is 4.90 Å². The molecule has 1 fully saturated rings. The zero-order chi connectivity index (χ0) is 23.5. The summed E-state index contributed by atoms with van der Waals surface area (Å²) in [6, 6.07) is 13.7. The molecule has 6 heteroatoms. The molecule has 2 aromatic rings. The molecular formula is C27H32FN3O2. The molecular weight excluding hydrogens is 417 g/mol. The number of hydrogen-bond donors (Lipinski definition) is 0. The van der Waals surface area contributed by atoms with Gasteiger partial charge in [0.25, 0.3) is 11.8 Å². The highest BCUT2D eigenvalue weighted by Gasteiger charge is 2.43. The first-order chi connectivity index (χ1) is 15.9. The number of unbranched alkanes of at least 4 members (excludes halogenated alkanes) is 1. The largest absolute Gasteiger partial charge is 0.366 e. The van der Waals surface area contributed by atoms with E-state index in [-0.39, 0.29) is 23.7 Å². The second-order valence-electron chi connectivity index (χ2n) is 9.09. The lowest BCUT2D eigenvalue weighted by atomic mass is 10.00. The molecule has 2 aliphatic rings. The van der Waals surface area contributed by atoms with Crippen LogP contribution in [0.4, 0.5) is 10.1 Å². The van der Waals surface area contributed by atoms with E-state index in [4.69, 9.17) is 0 Å². The first-order valence-corrected chi connectivity index (χ1v) is 11.8. The number of carbonyl (C=O) groups excluding carboxylic acids is 2. The molecule has 0 radical (unpaired) electrons. The second-order valence-corrected chi connectivity index (χ2v) is 9.09. The van der Waals surface area contributed by atoms with Crippen molar-refractivity contribution in [1.29, 1.82) is 0 Å². The molecule has 0 N–H and O–H groups in total. The zero-order valence-electron chi connectivity index (χ0n) is 19.7. The maximum atomic E-state index is 13.7. The summed E-state index contributed by atoms with van der Waals surface area (Å²) < 4.78 is 13.6. The summed E-state index contributed by atoms with van der Waals surface area (Å²) in [6.07, 6.45) is 5.02. The van der Waals surface area contributed by atoms with E-state index in [1.54, 1.807) is 12.1 Å². The van der Waals surface area contributed by atoms with E-state index in [0.29, 0.717) is 22.5 Å². The van der Waals surface area contributed by atoms with Gasteiger partial charge in [0.2, 0.25) is 0 Å². The van der Waals surface area contributed by atoms with Crippen molar-refractivity contribution < 1.29 is 14.0 Å². The van der Waals surface area contributed by atoms with E-state index in [2.05, 4.69) is 18.9 Å². The molecule has 0 aromatic heterocycles. The van der Waals surface area contributed by atoms with Gasteiger partial charge < -0.3 is 9.80 Å². The number of aryl methyl sites for hydroxylation is 1. The first kappa shape index (κ1) is 23.2. The van der Waals surface area contributed by atoms with Gasteiger partial charge in [-0.25, -0.2) is 9.29 Å². The van der Waals surface area contributed by atoms with Crippen molar-refractivity contribution in [2.75, 3.05) is 32.1 Å². The molecule has 2 aliphatic heterocycles. The van der Waals surface area contributed by atoms with Gasteiger partial charge in [-0.3, -0.25) is 9.59 Å². The standard InChI is InChI=1S/C27H32FN3O2/c1-4-5-6-19-7-13-23(14-8-19)31-26(32)24(20-9-11-21(28)12-10-20)25(27(31)33)30(3)22-15-17-29(2)18-16-22/h7-14,22H,4-6,15-18H2,1-3H3. The number of nitrogens with zero attached hydrogens (tertiary/aromatic N) is 3. The van der Waals surface area contributed by atoms with Crippen molar-refractivity contribution in [1.82, 2.24) is 9.80 Å². The second kappa shape index (κ2) is 9.87. The minimum atomic E-state index is -0.374. The van der Waals surface area contributed by atoms with Crippen LogP contribution in [0.15, 0.2) is 54.2 Å². The van der Waals surface area contributed by atoms with Gasteiger partial charge >= 0.3 is 0 Å². The summed E-state index contributed by atoms with van der Waals surface area (Å²) >= 11 is 0. The van der Waals surface area contributed by atoms with Crippen LogP contribution in [0.25, 0.3) is 5.57 Å². The summed E-state index contributed by atoms with van der Waals surface area (Å²) in [6.45, 7) is 4.04. The zero-order valence-corrected chi connectivity index (χ0v) is 19.7. The average Bonchev–Trinajstić information content (AvgIpc) is 3.08.